The lowest BCUT2D eigenvalue weighted by Gasteiger charge is -2.13. The molecule has 6 heteroatoms. The van der Waals surface area contributed by atoms with Crippen LogP contribution in [0.3, 0.4) is 0 Å². The van der Waals surface area contributed by atoms with Gasteiger partial charge in [0.05, 0.1) is 17.9 Å². The third-order valence-electron chi connectivity index (χ3n) is 3.08. The Balaban J connectivity index is 2.38. The van der Waals surface area contributed by atoms with E-state index in [2.05, 4.69) is 15.5 Å². The summed E-state index contributed by atoms with van der Waals surface area (Å²) in [4.78, 5) is 23.9. The van der Waals surface area contributed by atoms with Gasteiger partial charge >= 0.3 is 0 Å². The molecule has 2 rings (SSSR count). The Morgan fingerprint density at radius 2 is 2.15 bits per heavy atom. The topological polar surface area (TPSA) is 98.6 Å². The average Bonchev–Trinajstić information content (AvgIpc) is 2.47. The first-order chi connectivity index (χ1) is 9.67. The van der Waals surface area contributed by atoms with Gasteiger partial charge in [-0.2, -0.15) is 10.4 Å². The zero-order chi connectivity index (χ0) is 14.5. The normalized spacial score (nSPS) is 11.8. The summed E-state index contributed by atoms with van der Waals surface area (Å²) in [6.07, 6.45) is 0.893. The van der Waals surface area contributed by atoms with E-state index in [1.807, 2.05) is 13.0 Å². The van der Waals surface area contributed by atoms with Gasteiger partial charge in [-0.1, -0.05) is 25.1 Å². The van der Waals surface area contributed by atoms with E-state index < -0.39 is 0 Å². The van der Waals surface area contributed by atoms with Gasteiger partial charge in [-0.3, -0.25) is 9.59 Å². The number of rotatable bonds is 4. The van der Waals surface area contributed by atoms with E-state index in [9.17, 15) is 9.59 Å². The molecule has 0 saturated heterocycles. The zero-order valence-corrected chi connectivity index (χ0v) is 11.0. The summed E-state index contributed by atoms with van der Waals surface area (Å²) in [6, 6.07) is 8.59. The van der Waals surface area contributed by atoms with Crippen molar-refractivity contribution in [3.8, 4) is 6.07 Å². The van der Waals surface area contributed by atoms with Crippen LogP contribution in [0.1, 0.15) is 30.3 Å². The molecule has 1 aromatic carbocycles. The van der Waals surface area contributed by atoms with Crippen molar-refractivity contribution >= 4 is 16.7 Å². The molecule has 0 radical (unpaired) electrons. The van der Waals surface area contributed by atoms with Crippen LogP contribution in [-0.4, -0.2) is 22.1 Å². The fourth-order valence-electron chi connectivity index (χ4n) is 1.95. The Hall–Kier alpha value is -2.68. The maximum absolute atomic E-state index is 12.2. The number of H-pyrrole nitrogens is 1. The van der Waals surface area contributed by atoms with E-state index in [1.54, 1.807) is 24.3 Å². The molecular formula is C14H14N4O2. The molecule has 0 aliphatic carbocycles. The van der Waals surface area contributed by atoms with Crippen LogP contribution < -0.4 is 10.9 Å². The summed E-state index contributed by atoms with van der Waals surface area (Å²) in [5.74, 6) is -0.389. The minimum absolute atomic E-state index is 0.164. The molecule has 0 aliphatic rings. The first-order valence-electron chi connectivity index (χ1n) is 6.32. The van der Waals surface area contributed by atoms with Crippen molar-refractivity contribution in [1.29, 1.82) is 5.26 Å². The summed E-state index contributed by atoms with van der Waals surface area (Å²) in [6.45, 7) is 1.89. The summed E-state index contributed by atoms with van der Waals surface area (Å²) >= 11 is 0. The fraction of sp³-hybridized carbons (Fsp3) is 0.286. The molecule has 102 valence electrons. The molecule has 0 aliphatic heterocycles. The molecule has 6 nitrogen and oxygen atoms in total. The van der Waals surface area contributed by atoms with Gasteiger partial charge in [-0.25, -0.2) is 5.10 Å². The minimum atomic E-state index is -0.389. The van der Waals surface area contributed by atoms with Crippen LogP contribution in [0.4, 0.5) is 0 Å². The van der Waals surface area contributed by atoms with Crippen molar-refractivity contribution < 1.29 is 4.79 Å². The van der Waals surface area contributed by atoms with Gasteiger partial charge in [-0.15, -0.1) is 0 Å². The average molecular weight is 270 g/mol. The number of aromatic nitrogens is 2. The maximum atomic E-state index is 12.2. The zero-order valence-electron chi connectivity index (χ0n) is 11.0. The van der Waals surface area contributed by atoms with E-state index in [-0.39, 0.29) is 29.6 Å². The van der Waals surface area contributed by atoms with Crippen LogP contribution in [0, 0.1) is 11.3 Å². The van der Waals surface area contributed by atoms with Gasteiger partial charge in [-0.05, 0) is 12.5 Å². The highest BCUT2D eigenvalue weighted by Crippen LogP contribution is 2.12. The largest absolute Gasteiger partial charge is 0.347 e. The molecule has 1 unspecified atom stereocenters. The molecule has 2 aromatic rings. The molecule has 0 spiro atoms. The predicted octanol–water partition coefficient (Wildman–Crippen LogP) is 1.35. The van der Waals surface area contributed by atoms with Gasteiger partial charge < -0.3 is 5.32 Å². The van der Waals surface area contributed by atoms with Gasteiger partial charge in [0, 0.05) is 11.4 Å². The van der Waals surface area contributed by atoms with Gasteiger partial charge in [0.2, 0.25) is 0 Å². The third-order valence-corrected chi connectivity index (χ3v) is 3.08. The number of carbonyl (C=O) groups is 1. The second-order valence-corrected chi connectivity index (χ2v) is 4.39. The van der Waals surface area contributed by atoms with Crippen molar-refractivity contribution in [2.24, 2.45) is 0 Å². The van der Waals surface area contributed by atoms with Crippen molar-refractivity contribution in [2.45, 2.75) is 25.8 Å². The number of benzene rings is 1. The van der Waals surface area contributed by atoms with Crippen LogP contribution in [-0.2, 0) is 0 Å². The van der Waals surface area contributed by atoms with E-state index in [0.717, 1.165) is 0 Å². The van der Waals surface area contributed by atoms with Crippen LogP contribution in [0.25, 0.3) is 10.8 Å². The van der Waals surface area contributed by atoms with Gasteiger partial charge in [0.25, 0.3) is 11.5 Å². The van der Waals surface area contributed by atoms with E-state index in [4.69, 9.17) is 5.26 Å². The number of amides is 1. The molecule has 1 aromatic heterocycles. The quantitative estimate of drug-likeness (QED) is 0.875. The highest BCUT2D eigenvalue weighted by atomic mass is 16.2. The molecule has 0 fully saturated rings. The van der Waals surface area contributed by atoms with Crippen molar-refractivity contribution in [3.05, 3.63) is 40.3 Å². The molecule has 1 amide bonds. The third kappa shape index (κ3) is 2.67. The maximum Gasteiger partial charge on any atom is 0.272 e. The Morgan fingerprint density at radius 1 is 1.45 bits per heavy atom. The molecule has 1 heterocycles. The molecule has 1 atom stereocenters. The van der Waals surface area contributed by atoms with Crippen LogP contribution in [0.2, 0.25) is 0 Å². The molecule has 0 bridgehead atoms. The highest BCUT2D eigenvalue weighted by molar-refractivity contribution is 6.04. The van der Waals surface area contributed by atoms with Crippen molar-refractivity contribution in [2.75, 3.05) is 0 Å². The summed E-state index contributed by atoms with van der Waals surface area (Å²) in [5, 5.41) is 18.5. The number of hydrogen-bond donors (Lipinski definition) is 2. The number of fused-ring (bicyclic) bond motifs is 1. The predicted molar refractivity (Wildman–Crippen MR) is 74.1 cm³/mol. The Kier molecular flexibility index (Phi) is 4.11. The molecule has 20 heavy (non-hydrogen) atoms. The molecule has 2 N–H and O–H groups in total. The fourth-order valence-corrected chi connectivity index (χ4v) is 1.95. The van der Waals surface area contributed by atoms with Crippen LogP contribution in [0.5, 0.6) is 0 Å². The number of nitrogens with one attached hydrogen (secondary N) is 2. The lowest BCUT2D eigenvalue weighted by atomic mass is 10.1. The highest BCUT2D eigenvalue weighted by Gasteiger charge is 2.16. The summed E-state index contributed by atoms with van der Waals surface area (Å²) in [7, 11) is 0. The Labute approximate surface area is 115 Å². The minimum Gasteiger partial charge on any atom is -0.347 e. The van der Waals surface area contributed by atoms with Crippen molar-refractivity contribution in [1.82, 2.24) is 15.5 Å². The number of aromatic amines is 1. The second kappa shape index (κ2) is 5.97. The lowest BCUT2D eigenvalue weighted by molar-refractivity contribution is 0.0932. The first-order valence-corrected chi connectivity index (χ1v) is 6.32. The first kappa shape index (κ1) is 13.7. The van der Waals surface area contributed by atoms with Crippen molar-refractivity contribution in [3.63, 3.8) is 0 Å². The number of hydrogen-bond acceptors (Lipinski definition) is 4. The monoisotopic (exact) mass is 270 g/mol. The SMILES string of the molecule is CCC(CC#N)NC(=O)c1n[nH]c(=O)c2ccccc12. The standard InChI is InChI=1S/C14H14N4O2/c1-2-9(7-8-15)16-14(20)12-10-5-3-4-6-11(10)13(19)18-17-12/h3-6,9H,2,7H2,1H3,(H,16,20)(H,18,19). The van der Waals surface area contributed by atoms with Crippen LogP contribution >= 0.6 is 0 Å². The van der Waals surface area contributed by atoms with Gasteiger partial charge in [0.15, 0.2) is 5.69 Å². The molecular weight excluding hydrogens is 256 g/mol. The van der Waals surface area contributed by atoms with Gasteiger partial charge in [0.1, 0.15) is 0 Å². The smallest absolute Gasteiger partial charge is 0.272 e. The number of nitriles is 1. The Morgan fingerprint density at radius 3 is 2.80 bits per heavy atom. The summed E-state index contributed by atoms with van der Waals surface area (Å²) < 4.78 is 0. The van der Waals surface area contributed by atoms with E-state index in [1.165, 1.54) is 0 Å². The van der Waals surface area contributed by atoms with E-state index >= 15 is 0 Å². The second-order valence-electron chi connectivity index (χ2n) is 4.39. The number of carbonyl (C=O) groups excluding carboxylic acids is 1. The molecule has 0 saturated carbocycles. The van der Waals surface area contributed by atoms with E-state index in [0.29, 0.717) is 17.2 Å². The Bertz CT molecular complexity index is 730. The van der Waals surface area contributed by atoms with Crippen LogP contribution in [0.15, 0.2) is 29.1 Å². The number of nitrogens with zero attached hydrogens (tertiary/aromatic N) is 2. The lowest BCUT2D eigenvalue weighted by Crippen LogP contribution is -2.35. The summed E-state index contributed by atoms with van der Waals surface area (Å²) in [5.41, 5.74) is -0.169.